The fourth-order valence-corrected chi connectivity index (χ4v) is 4.17. The number of nitrogens with zero attached hydrogens (tertiary/aromatic N) is 2. The van der Waals surface area contributed by atoms with Crippen molar-refractivity contribution in [2.75, 3.05) is 25.1 Å². The van der Waals surface area contributed by atoms with Crippen molar-refractivity contribution < 1.29 is 14.3 Å². The van der Waals surface area contributed by atoms with Crippen molar-refractivity contribution in [3.05, 3.63) is 64.8 Å². The number of rotatable bonds is 4. The van der Waals surface area contributed by atoms with E-state index in [9.17, 15) is 9.59 Å². The van der Waals surface area contributed by atoms with Crippen molar-refractivity contribution in [3.63, 3.8) is 0 Å². The molecule has 150 valence electrons. The van der Waals surface area contributed by atoms with Gasteiger partial charge in [-0.3, -0.25) is 9.59 Å². The van der Waals surface area contributed by atoms with Gasteiger partial charge in [-0.05, 0) is 60.7 Å². The van der Waals surface area contributed by atoms with Gasteiger partial charge >= 0.3 is 0 Å². The highest BCUT2D eigenvalue weighted by Crippen LogP contribution is 2.37. The van der Waals surface area contributed by atoms with Gasteiger partial charge in [-0.1, -0.05) is 30.7 Å². The number of hydrogen-bond donors (Lipinski definition) is 0. The molecule has 2 amide bonds. The van der Waals surface area contributed by atoms with E-state index in [1.165, 1.54) is 4.90 Å². The summed E-state index contributed by atoms with van der Waals surface area (Å²) in [6.45, 7) is 3.72. The number of methoxy groups -OCH3 is 1. The van der Waals surface area contributed by atoms with E-state index in [0.717, 1.165) is 25.9 Å². The zero-order valence-electron chi connectivity index (χ0n) is 16.5. The minimum Gasteiger partial charge on any atom is -0.497 e. The summed E-state index contributed by atoms with van der Waals surface area (Å²) in [5.41, 5.74) is 2.17. The lowest BCUT2D eigenvalue weighted by Gasteiger charge is -2.33. The number of halogens is 1. The first-order valence-electron chi connectivity index (χ1n) is 9.77. The number of hydrogen-bond acceptors (Lipinski definition) is 4. The molecule has 2 aliphatic heterocycles. The number of likely N-dealkylation sites (tertiary alicyclic amines) is 1. The Balaban J connectivity index is 1.80. The maximum atomic E-state index is 13.5. The second-order valence-corrected chi connectivity index (χ2v) is 8.00. The Morgan fingerprint density at radius 3 is 2.31 bits per heavy atom. The second-order valence-electron chi connectivity index (χ2n) is 7.57. The van der Waals surface area contributed by atoms with Gasteiger partial charge in [0.2, 0.25) is 0 Å². The Kier molecular flexibility index (Phi) is 5.33. The maximum absolute atomic E-state index is 13.5. The van der Waals surface area contributed by atoms with Crippen LogP contribution in [0.1, 0.15) is 25.3 Å². The summed E-state index contributed by atoms with van der Waals surface area (Å²) >= 11 is 5.99. The lowest BCUT2D eigenvalue weighted by molar-refractivity contribution is -0.120. The van der Waals surface area contributed by atoms with E-state index in [2.05, 4.69) is 11.8 Å². The first kappa shape index (κ1) is 19.5. The van der Waals surface area contributed by atoms with Gasteiger partial charge in [-0.25, -0.2) is 4.90 Å². The number of imide groups is 1. The van der Waals surface area contributed by atoms with Crippen LogP contribution in [0.25, 0.3) is 5.57 Å². The van der Waals surface area contributed by atoms with Gasteiger partial charge < -0.3 is 9.64 Å². The van der Waals surface area contributed by atoms with Crippen molar-refractivity contribution in [3.8, 4) is 5.75 Å². The van der Waals surface area contributed by atoms with Crippen LogP contribution in [-0.2, 0) is 9.59 Å². The third kappa shape index (κ3) is 3.62. The summed E-state index contributed by atoms with van der Waals surface area (Å²) in [5, 5.41) is 0.557. The van der Waals surface area contributed by atoms with Crippen LogP contribution >= 0.6 is 11.6 Å². The molecule has 2 aromatic rings. The van der Waals surface area contributed by atoms with Gasteiger partial charge in [0.1, 0.15) is 11.4 Å². The summed E-state index contributed by atoms with van der Waals surface area (Å²) in [6.07, 6.45) is 2.13. The van der Waals surface area contributed by atoms with Gasteiger partial charge in [0.05, 0.1) is 18.4 Å². The van der Waals surface area contributed by atoms with E-state index < -0.39 is 0 Å². The number of ether oxygens (including phenoxy) is 1. The van der Waals surface area contributed by atoms with E-state index in [1.54, 1.807) is 31.4 Å². The van der Waals surface area contributed by atoms with Crippen LogP contribution in [0.15, 0.2) is 54.2 Å². The zero-order valence-corrected chi connectivity index (χ0v) is 17.3. The monoisotopic (exact) mass is 410 g/mol. The third-order valence-corrected chi connectivity index (χ3v) is 5.75. The fourth-order valence-electron chi connectivity index (χ4n) is 4.05. The van der Waals surface area contributed by atoms with Crippen LogP contribution in [0.5, 0.6) is 5.75 Å². The van der Waals surface area contributed by atoms with E-state index in [0.29, 0.717) is 39.2 Å². The second kappa shape index (κ2) is 7.91. The molecule has 2 heterocycles. The maximum Gasteiger partial charge on any atom is 0.282 e. The minimum absolute atomic E-state index is 0.280. The summed E-state index contributed by atoms with van der Waals surface area (Å²) in [6, 6.07) is 14.0. The quantitative estimate of drug-likeness (QED) is 0.702. The number of carbonyl (C=O) groups is 2. The van der Waals surface area contributed by atoms with Crippen LogP contribution in [0.4, 0.5) is 5.69 Å². The van der Waals surface area contributed by atoms with E-state index in [-0.39, 0.29) is 11.8 Å². The van der Waals surface area contributed by atoms with Gasteiger partial charge in [0.25, 0.3) is 11.8 Å². The molecule has 4 rings (SSSR count). The summed E-state index contributed by atoms with van der Waals surface area (Å²) in [4.78, 5) is 30.2. The molecule has 2 aliphatic rings. The molecular weight excluding hydrogens is 388 g/mol. The van der Waals surface area contributed by atoms with Gasteiger partial charge in [0.15, 0.2) is 0 Å². The van der Waals surface area contributed by atoms with Crippen molar-refractivity contribution in [2.24, 2.45) is 5.92 Å². The van der Waals surface area contributed by atoms with Crippen LogP contribution in [0, 0.1) is 5.92 Å². The Labute approximate surface area is 175 Å². The molecule has 0 N–H and O–H groups in total. The number of anilines is 1. The zero-order chi connectivity index (χ0) is 20.5. The van der Waals surface area contributed by atoms with Crippen molar-refractivity contribution in [2.45, 2.75) is 19.8 Å². The Morgan fingerprint density at radius 1 is 1.00 bits per heavy atom. The Bertz CT molecular complexity index is 967. The number of piperidine rings is 1. The number of amides is 2. The molecule has 29 heavy (non-hydrogen) atoms. The Hall–Kier alpha value is -2.79. The molecule has 1 atom stereocenters. The molecule has 0 spiro atoms. The molecule has 0 aliphatic carbocycles. The molecule has 1 fully saturated rings. The van der Waals surface area contributed by atoms with Crippen LogP contribution in [0.3, 0.4) is 0 Å². The van der Waals surface area contributed by atoms with Crippen LogP contribution in [0.2, 0.25) is 5.02 Å². The molecule has 5 nitrogen and oxygen atoms in total. The molecular formula is C23H23ClN2O3. The first-order chi connectivity index (χ1) is 14.0. The molecule has 0 bridgehead atoms. The standard InChI is InChI=1S/C23H23ClN2O3/c1-15-4-3-13-25(14-15)21-20(16-5-11-19(29-2)12-6-16)22(27)26(23(21)28)18-9-7-17(24)8-10-18/h5-12,15H,3-4,13-14H2,1-2H3. The van der Waals surface area contributed by atoms with Gasteiger partial charge in [-0.15, -0.1) is 0 Å². The molecule has 6 heteroatoms. The van der Waals surface area contributed by atoms with E-state index in [4.69, 9.17) is 16.3 Å². The summed E-state index contributed by atoms with van der Waals surface area (Å²) < 4.78 is 5.24. The van der Waals surface area contributed by atoms with Crippen molar-refractivity contribution in [1.29, 1.82) is 0 Å². The third-order valence-electron chi connectivity index (χ3n) is 5.50. The van der Waals surface area contributed by atoms with Crippen molar-refractivity contribution in [1.82, 2.24) is 4.90 Å². The van der Waals surface area contributed by atoms with Gasteiger partial charge in [-0.2, -0.15) is 0 Å². The highest BCUT2D eigenvalue weighted by Gasteiger charge is 2.43. The normalized spacial score (nSPS) is 19.9. The number of benzene rings is 2. The number of carbonyl (C=O) groups excluding carboxylic acids is 2. The lowest BCUT2D eigenvalue weighted by Crippen LogP contribution is -2.39. The first-order valence-corrected chi connectivity index (χ1v) is 10.2. The van der Waals surface area contributed by atoms with E-state index in [1.807, 2.05) is 24.3 Å². The topological polar surface area (TPSA) is 49.9 Å². The highest BCUT2D eigenvalue weighted by molar-refractivity contribution is 6.45. The summed E-state index contributed by atoms with van der Waals surface area (Å²) in [5.74, 6) is 0.586. The van der Waals surface area contributed by atoms with Crippen molar-refractivity contribution >= 4 is 34.7 Å². The molecule has 1 unspecified atom stereocenters. The largest absolute Gasteiger partial charge is 0.497 e. The van der Waals surface area contributed by atoms with Crippen LogP contribution < -0.4 is 9.64 Å². The average molecular weight is 411 g/mol. The van der Waals surface area contributed by atoms with E-state index >= 15 is 0 Å². The predicted octanol–water partition coefficient (Wildman–Crippen LogP) is 4.37. The minimum atomic E-state index is -0.310. The lowest BCUT2D eigenvalue weighted by atomic mass is 9.98. The van der Waals surface area contributed by atoms with Gasteiger partial charge in [0, 0.05) is 18.1 Å². The molecule has 0 saturated carbocycles. The summed E-state index contributed by atoms with van der Waals surface area (Å²) in [7, 11) is 1.60. The average Bonchev–Trinajstić information content (AvgIpc) is 2.99. The highest BCUT2D eigenvalue weighted by atomic mass is 35.5. The molecule has 2 aromatic carbocycles. The smallest absolute Gasteiger partial charge is 0.282 e. The SMILES string of the molecule is COc1ccc(C2=C(N3CCCC(C)C3)C(=O)N(c3ccc(Cl)cc3)C2=O)cc1. The molecule has 1 saturated heterocycles. The molecule has 0 aromatic heterocycles. The van der Waals surface area contributed by atoms with Crippen LogP contribution in [-0.4, -0.2) is 36.9 Å². The Morgan fingerprint density at radius 2 is 1.69 bits per heavy atom. The molecule has 0 radical (unpaired) electrons. The predicted molar refractivity (Wildman–Crippen MR) is 114 cm³/mol. The fraction of sp³-hybridized carbons (Fsp3) is 0.304.